The molecule has 2 rings (SSSR count). The SMILES string of the molecule is O=C(c1ccnc(F)c1)N(CCO)C1CCS(=O)(=O)C1. The van der Waals surface area contributed by atoms with Crippen LogP contribution in [0.3, 0.4) is 0 Å². The zero-order valence-electron chi connectivity index (χ0n) is 10.7. The van der Waals surface area contributed by atoms with Crippen molar-refractivity contribution >= 4 is 15.7 Å². The van der Waals surface area contributed by atoms with Crippen molar-refractivity contribution in [3.63, 3.8) is 0 Å². The van der Waals surface area contributed by atoms with Gasteiger partial charge in [0.2, 0.25) is 5.95 Å². The minimum Gasteiger partial charge on any atom is -0.395 e. The van der Waals surface area contributed by atoms with Crippen LogP contribution in [0, 0.1) is 5.95 Å². The number of nitrogens with zero attached hydrogens (tertiary/aromatic N) is 2. The van der Waals surface area contributed by atoms with E-state index >= 15 is 0 Å². The van der Waals surface area contributed by atoms with Crippen molar-refractivity contribution in [2.75, 3.05) is 24.7 Å². The molecule has 1 amide bonds. The van der Waals surface area contributed by atoms with E-state index in [1.54, 1.807) is 0 Å². The number of amides is 1. The fraction of sp³-hybridized carbons (Fsp3) is 0.500. The topological polar surface area (TPSA) is 87.6 Å². The molecule has 6 nitrogen and oxygen atoms in total. The van der Waals surface area contributed by atoms with Crippen LogP contribution in [0.1, 0.15) is 16.8 Å². The Balaban J connectivity index is 2.22. The minimum absolute atomic E-state index is 0.0168. The van der Waals surface area contributed by atoms with E-state index in [1.165, 1.54) is 17.2 Å². The van der Waals surface area contributed by atoms with Gasteiger partial charge in [0, 0.05) is 30.4 Å². The molecule has 2 heterocycles. The molecule has 1 aliphatic heterocycles. The number of aromatic nitrogens is 1. The van der Waals surface area contributed by atoms with Gasteiger partial charge in [-0.05, 0) is 12.5 Å². The van der Waals surface area contributed by atoms with Crippen molar-refractivity contribution < 1.29 is 22.7 Å². The Morgan fingerprint density at radius 1 is 1.55 bits per heavy atom. The normalized spacial score (nSPS) is 20.8. The first-order valence-electron chi connectivity index (χ1n) is 6.17. The molecule has 0 saturated carbocycles. The second kappa shape index (κ2) is 5.84. The summed E-state index contributed by atoms with van der Waals surface area (Å²) in [5.41, 5.74) is 0.0928. The summed E-state index contributed by atoms with van der Waals surface area (Å²) in [6.45, 7) is -0.265. The molecule has 0 bridgehead atoms. The first-order valence-corrected chi connectivity index (χ1v) is 7.99. The summed E-state index contributed by atoms with van der Waals surface area (Å²) in [7, 11) is -3.14. The van der Waals surface area contributed by atoms with E-state index < -0.39 is 27.7 Å². The van der Waals surface area contributed by atoms with Crippen LogP contribution in [0.15, 0.2) is 18.3 Å². The lowest BCUT2D eigenvalue weighted by Gasteiger charge is -2.27. The van der Waals surface area contributed by atoms with Gasteiger partial charge in [0.1, 0.15) is 0 Å². The molecular weight excluding hydrogens is 287 g/mol. The van der Waals surface area contributed by atoms with Gasteiger partial charge in [-0.15, -0.1) is 0 Å². The highest BCUT2D eigenvalue weighted by Gasteiger charge is 2.34. The van der Waals surface area contributed by atoms with E-state index in [-0.39, 0.29) is 30.2 Å². The van der Waals surface area contributed by atoms with E-state index in [0.717, 1.165) is 6.07 Å². The van der Waals surface area contributed by atoms with Crippen LogP contribution in [-0.4, -0.2) is 60.0 Å². The average Bonchev–Trinajstić information content (AvgIpc) is 2.75. The smallest absolute Gasteiger partial charge is 0.254 e. The molecule has 20 heavy (non-hydrogen) atoms. The molecule has 8 heteroatoms. The van der Waals surface area contributed by atoms with Gasteiger partial charge in [-0.25, -0.2) is 13.4 Å². The highest BCUT2D eigenvalue weighted by Crippen LogP contribution is 2.19. The summed E-state index contributed by atoms with van der Waals surface area (Å²) in [6.07, 6.45) is 1.51. The van der Waals surface area contributed by atoms with Gasteiger partial charge in [0.05, 0.1) is 18.1 Å². The van der Waals surface area contributed by atoms with Crippen LogP contribution in [0.2, 0.25) is 0 Å². The largest absolute Gasteiger partial charge is 0.395 e. The Bertz CT molecular complexity index is 605. The average molecular weight is 302 g/mol. The summed E-state index contributed by atoms with van der Waals surface area (Å²) in [5.74, 6) is -1.37. The molecule has 1 aromatic rings. The predicted octanol–water partition coefficient (Wildman–Crippen LogP) is -0.158. The Hall–Kier alpha value is -1.54. The summed E-state index contributed by atoms with van der Waals surface area (Å²) in [5, 5.41) is 9.05. The molecule has 0 spiro atoms. The van der Waals surface area contributed by atoms with E-state index in [1.807, 2.05) is 0 Å². The van der Waals surface area contributed by atoms with Gasteiger partial charge < -0.3 is 10.0 Å². The molecule has 110 valence electrons. The highest BCUT2D eigenvalue weighted by atomic mass is 32.2. The van der Waals surface area contributed by atoms with Crippen LogP contribution >= 0.6 is 0 Å². The van der Waals surface area contributed by atoms with Crippen molar-refractivity contribution in [3.8, 4) is 0 Å². The minimum atomic E-state index is -3.14. The van der Waals surface area contributed by atoms with E-state index in [0.29, 0.717) is 6.42 Å². The van der Waals surface area contributed by atoms with Crippen molar-refractivity contribution in [2.24, 2.45) is 0 Å². The lowest BCUT2D eigenvalue weighted by molar-refractivity contribution is 0.0654. The predicted molar refractivity (Wildman–Crippen MR) is 69.4 cm³/mol. The third-order valence-corrected chi connectivity index (χ3v) is 4.97. The van der Waals surface area contributed by atoms with Crippen molar-refractivity contribution in [1.29, 1.82) is 0 Å². The zero-order valence-corrected chi connectivity index (χ0v) is 11.5. The number of aliphatic hydroxyl groups is 1. The molecule has 1 saturated heterocycles. The van der Waals surface area contributed by atoms with Crippen LogP contribution < -0.4 is 0 Å². The van der Waals surface area contributed by atoms with Crippen LogP contribution in [-0.2, 0) is 9.84 Å². The maximum atomic E-state index is 13.0. The van der Waals surface area contributed by atoms with Crippen molar-refractivity contribution in [3.05, 3.63) is 29.8 Å². The van der Waals surface area contributed by atoms with Gasteiger partial charge in [-0.3, -0.25) is 4.79 Å². The molecule has 1 aromatic heterocycles. The maximum Gasteiger partial charge on any atom is 0.254 e. The summed E-state index contributed by atoms with van der Waals surface area (Å²) >= 11 is 0. The molecule has 0 radical (unpaired) electrons. The monoisotopic (exact) mass is 302 g/mol. The standard InChI is InChI=1S/C12H15FN2O4S/c13-11-7-9(1-3-14-11)12(17)15(4-5-16)10-2-6-20(18,19)8-10/h1,3,7,10,16H,2,4-6,8H2. The number of carbonyl (C=O) groups is 1. The number of pyridine rings is 1. The molecule has 1 fully saturated rings. The Morgan fingerprint density at radius 2 is 2.30 bits per heavy atom. The maximum absolute atomic E-state index is 13.0. The lowest BCUT2D eigenvalue weighted by Crippen LogP contribution is -2.42. The molecule has 0 aromatic carbocycles. The third-order valence-electron chi connectivity index (χ3n) is 3.22. The number of carbonyl (C=O) groups excluding carboxylic acids is 1. The molecular formula is C12H15FN2O4S. The Kier molecular flexibility index (Phi) is 4.34. The number of aliphatic hydroxyl groups excluding tert-OH is 1. The van der Waals surface area contributed by atoms with Crippen molar-refractivity contribution in [1.82, 2.24) is 9.88 Å². The number of hydrogen-bond acceptors (Lipinski definition) is 5. The van der Waals surface area contributed by atoms with Crippen LogP contribution in [0.25, 0.3) is 0 Å². The highest BCUT2D eigenvalue weighted by molar-refractivity contribution is 7.91. The van der Waals surface area contributed by atoms with Crippen LogP contribution in [0.4, 0.5) is 4.39 Å². The second-order valence-electron chi connectivity index (χ2n) is 4.65. The fourth-order valence-electron chi connectivity index (χ4n) is 2.28. The zero-order chi connectivity index (χ0) is 14.8. The second-order valence-corrected chi connectivity index (χ2v) is 6.87. The number of rotatable bonds is 4. The number of sulfone groups is 1. The van der Waals surface area contributed by atoms with E-state index in [2.05, 4.69) is 4.98 Å². The molecule has 1 aliphatic rings. The van der Waals surface area contributed by atoms with Gasteiger partial charge in [0.15, 0.2) is 9.84 Å². The Morgan fingerprint density at radius 3 is 2.85 bits per heavy atom. The van der Waals surface area contributed by atoms with Gasteiger partial charge in [0.25, 0.3) is 5.91 Å². The first-order chi connectivity index (χ1) is 9.43. The van der Waals surface area contributed by atoms with Gasteiger partial charge in [-0.1, -0.05) is 0 Å². The third kappa shape index (κ3) is 3.31. The number of halogens is 1. The van der Waals surface area contributed by atoms with Crippen molar-refractivity contribution in [2.45, 2.75) is 12.5 Å². The van der Waals surface area contributed by atoms with Gasteiger partial charge in [-0.2, -0.15) is 4.39 Å². The fourth-order valence-corrected chi connectivity index (χ4v) is 4.01. The van der Waals surface area contributed by atoms with Crippen LogP contribution in [0.5, 0.6) is 0 Å². The lowest BCUT2D eigenvalue weighted by atomic mass is 10.1. The first kappa shape index (κ1) is 14.9. The molecule has 0 aliphatic carbocycles. The van der Waals surface area contributed by atoms with E-state index in [9.17, 15) is 17.6 Å². The van der Waals surface area contributed by atoms with Gasteiger partial charge >= 0.3 is 0 Å². The Labute approximate surface area is 116 Å². The molecule has 1 atom stereocenters. The van der Waals surface area contributed by atoms with E-state index in [4.69, 9.17) is 5.11 Å². The summed E-state index contributed by atoms with van der Waals surface area (Å²) < 4.78 is 36.0. The molecule has 1 unspecified atom stereocenters. The number of hydrogen-bond donors (Lipinski definition) is 1. The summed E-state index contributed by atoms with van der Waals surface area (Å²) in [6, 6.07) is 1.88. The summed E-state index contributed by atoms with van der Waals surface area (Å²) in [4.78, 5) is 17.0. The molecule has 1 N–H and O–H groups in total. The quantitative estimate of drug-likeness (QED) is 0.781.